The van der Waals surface area contributed by atoms with E-state index in [9.17, 15) is 0 Å². The van der Waals surface area contributed by atoms with Crippen molar-refractivity contribution in [2.45, 2.75) is 32.1 Å². The van der Waals surface area contributed by atoms with Crippen molar-refractivity contribution >= 4 is 47.2 Å². The number of ether oxygens (including phenoxy) is 1. The second kappa shape index (κ2) is 10.7. The van der Waals surface area contributed by atoms with Gasteiger partial charge in [0.25, 0.3) is 0 Å². The van der Waals surface area contributed by atoms with E-state index in [1.165, 1.54) is 31.4 Å². The lowest BCUT2D eigenvalue weighted by Crippen LogP contribution is -2.51. The molecule has 2 fully saturated rings. The number of nitrogens with two attached hydrogens (primary N) is 1. The molecule has 1 aromatic carbocycles. The second-order valence-electron chi connectivity index (χ2n) is 7.57. The van der Waals surface area contributed by atoms with Gasteiger partial charge in [0.2, 0.25) is 0 Å². The van der Waals surface area contributed by atoms with E-state index in [0.717, 1.165) is 50.8 Å². The number of aliphatic imine (C=N–C) groups is 1. The third-order valence-electron chi connectivity index (χ3n) is 5.87. The Morgan fingerprint density at radius 3 is 2.37 bits per heavy atom. The first-order valence-corrected chi connectivity index (χ1v) is 10.0. The largest absolute Gasteiger partial charge is 0.385 e. The van der Waals surface area contributed by atoms with Crippen molar-refractivity contribution in [2.24, 2.45) is 16.1 Å². The molecule has 5 nitrogen and oxygen atoms in total. The van der Waals surface area contributed by atoms with Crippen molar-refractivity contribution in [2.75, 3.05) is 51.3 Å². The number of anilines is 1. The summed E-state index contributed by atoms with van der Waals surface area (Å²) in [5.74, 6) is 0.699. The fourth-order valence-electron chi connectivity index (χ4n) is 4.13. The van der Waals surface area contributed by atoms with Crippen LogP contribution < -0.4 is 10.6 Å². The molecule has 152 valence electrons. The quantitative estimate of drug-likeness (QED) is 0.360. The molecule has 7 heteroatoms. The molecule has 2 N–H and O–H groups in total. The molecule has 3 rings (SSSR count). The van der Waals surface area contributed by atoms with E-state index in [1.807, 2.05) is 12.1 Å². The van der Waals surface area contributed by atoms with E-state index in [2.05, 4.69) is 21.9 Å². The maximum Gasteiger partial charge on any atom is 0.191 e. The van der Waals surface area contributed by atoms with Crippen LogP contribution in [0, 0.1) is 5.41 Å². The third kappa shape index (κ3) is 6.12. The number of benzene rings is 1. The van der Waals surface area contributed by atoms with Crippen LogP contribution >= 0.6 is 35.6 Å². The minimum absolute atomic E-state index is 0. The van der Waals surface area contributed by atoms with E-state index < -0.39 is 0 Å². The van der Waals surface area contributed by atoms with Crippen molar-refractivity contribution < 1.29 is 4.74 Å². The lowest BCUT2D eigenvalue weighted by atomic mass is 9.83. The number of piperazine rings is 1. The van der Waals surface area contributed by atoms with E-state index in [4.69, 9.17) is 27.1 Å². The molecule has 1 saturated heterocycles. The fraction of sp³-hybridized carbons (Fsp3) is 0.650. The summed E-state index contributed by atoms with van der Waals surface area (Å²) in [5.41, 5.74) is 7.84. The van der Waals surface area contributed by atoms with Crippen molar-refractivity contribution in [3.05, 3.63) is 29.3 Å². The van der Waals surface area contributed by atoms with Gasteiger partial charge in [-0.2, -0.15) is 0 Å². The Morgan fingerprint density at radius 1 is 1.15 bits per heavy atom. The van der Waals surface area contributed by atoms with Crippen LogP contribution in [0.5, 0.6) is 0 Å². The number of hydrogen-bond acceptors (Lipinski definition) is 3. The summed E-state index contributed by atoms with van der Waals surface area (Å²) >= 11 is 5.98. The highest BCUT2D eigenvalue weighted by Gasteiger charge is 2.33. The SMILES string of the molecule is COCCC1(CN=C(N)N2CCN(c3ccc(Cl)cc3)CC2)CCCC1.I. The number of guanidine groups is 1. The van der Waals surface area contributed by atoms with E-state index in [1.54, 1.807) is 7.11 Å². The van der Waals surface area contributed by atoms with Crippen LogP contribution in [0.1, 0.15) is 32.1 Å². The lowest BCUT2D eigenvalue weighted by Gasteiger charge is -2.37. The number of nitrogens with zero attached hydrogens (tertiary/aromatic N) is 3. The smallest absolute Gasteiger partial charge is 0.191 e. The zero-order valence-electron chi connectivity index (χ0n) is 16.2. The Labute approximate surface area is 185 Å². The standard InChI is InChI=1S/C20H31ClN4O.HI/c1-26-15-10-20(8-2-3-9-20)16-23-19(22)25-13-11-24(12-14-25)18-6-4-17(21)5-7-18;/h4-7H,2-3,8-16H2,1H3,(H2,22,23);1H. The van der Waals surface area contributed by atoms with Crippen molar-refractivity contribution in [3.63, 3.8) is 0 Å². The number of halogens is 2. The van der Waals surface area contributed by atoms with Crippen LogP contribution in [-0.2, 0) is 4.74 Å². The summed E-state index contributed by atoms with van der Waals surface area (Å²) in [7, 11) is 1.78. The molecule has 1 heterocycles. The van der Waals surface area contributed by atoms with Gasteiger partial charge >= 0.3 is 0 Å². The van der Waals surface area contributed by atoms with Crippen LogP contribution in [0.25, 0.3) is 0 Å². The molecule has 0 radical (unpaired) electrons. The van der Waals surface area contributed by atoms with Crippen molar-refractivity contribution in [1.29, 1.82) is 0 Å². The summed E-state index contributed by atoms with van der Waals surface area (Å²) in [6.45, 7) is 5.36. The normalized spacial score (nSPS) is 19.9. The zero-order chi connectivity index (χ0) is 18.4. The number of hydrogen-bond donors (Lipinski definition) is 1. The Balaban J connectivity index is 0.00000261. The highest BCUT2D eigenvalue weighted by atomic mass is 127. The predicted molar refractivity (Wildman–Crippen MR) is 125 cm³/mol. The summed E-state index contributed by atoms with van der Waals surface area (Å²) in [5, 5.41) is 0.776. The van der Waals surface area contributed by atoms with Crippen molar-refractivity contribution in [1.82, 2.24) is 4.90 Å². The Morgan fingerprint density at radius 2 is 1.78 bits per heavy atom. The molecule has 1 saturated carbocycles. The molecule has 0 bridgehead atoms. The van der Waals surface area contributed by atoms with Gasteiger partial charge in [-0.25, -0.2) is 0 Å². The molecule has 1 aromatic rings. The van der Waals surface area contributed by atoms with E-state index in [-0.39, 0.29) is 24.0 Å². The molecular formula is C20H32ClIN4O. The Kier molecular flexibility index (Phi) is 8.95. The topological polar surface area (TPSA) is 54.1 Å². The average Bonchev–Trinajstić information content (AvgIpc) is 3.14. The van der Waals surface area contributed by atoms with Gasteiger partial charge in [-0.1, -0.05) is 24.4 Å². The Hall–Kier alpha value is -0.730. The first kappa shape index (κ1) is 22.6. The molecule has 1 aliphatic carbocycles. The first-order chi connectivity index (χ1) is 12.6. The molecule has 0 spiro atoms. The molecule has 2 aliphatic rings. The van der Waals surface area contributed by atoms with Crippen LogP contribution in [0.2, 0.25) is 5.02 Å². The highest BCUT2D eigenvalue weighted by Crippen LogP contribution is 2.41. The van der Waals surface area contributed by atoms with Gasteiger partial charge in [-0.05, 0) is 48.9 Å². The van der Waals surface area contributed by atoms with Gasteiger partial charge in [-0.3, -0.25) is 4.99 Å². The van der Waals surface area contributed by atoms with Gasteiger partial charge in [-0.15, -0.1) is 24.0 Å². The Bertz CT molecular complexity index is 597. The maximum absolute atomic E-state index is 6.33. The third-order valence-corrected chi connectivity index (χ3v) is 6.12. The predicted octanol–water partition coefficient (Wildman–Crippen LogP) is 3.99. The second-order valence-corrected chi connectivity index (χ2v) is 8.01. The summed E-state index contributed by atoms with van der Waals surface area (Å²) < 4.78 is 5.31. The van der Waals surface area contributed by atoms with Gasteiger partial charge in [0.1, 0.15) is 0 Å². The number of rotatable bonds is 6. The fourth-order valence-corrected chi connectivity index (χ4v) is 4.25. The van der Waals surface area contributed by atoms with Crippen LogP contribution in [-0.4, -0.2) is 57.3 Å². The molecule has 0 atom stereocenters. The molecule has 0 unspecified atom stereocenters. The van der Waals surface area contributed by atoms with E-state index in [0.29, 0.717) is 11.4 Å². The van der Waals surface area contributed by atoms with E-state index >= 15 is 0 Å². The van der Waals surface area contributed by atoms with Crippen molar-refractivity contribution in [3.8, 4) is 0 Å². The first-order valence-electron chi connectivity index (χ1n) is 9.66. The van der Waals surface area contributed by atoms with Crippen LogP contribution in [0.15, 0.2) is 29.3 Å². The monoisotopic (exact) mass is 506 g/mol. The number of methoxy groups -OCH3 is 1. The minimum atomic E-state index is 0. The molecular weight excluding hydrogens is 475 g/mol. The summed E-state index contributed by atoms with van der Waals surface area (Å²) in [6.07, 6.45) is 6.19. The van der Waals surface area contributed by atoms with Gasteiger partial charge in [0.05, 0.1) is 0 Å². The van der Waals surface area contributed by atoms with Crippen LogP contribution in [0.4, 0.5) is 5.69 Å². The average molecular weight is 507 g/mol. The van der Waals surface area contributed by atoms with Crippen LogP contribution in [0.3, 0.4) is 0 Å². The molecule has 0 aromatic heterocycles. The molecule has 1 aliphatic heterocycles. The highest BCUT2D eigenvalue weighted by molar-refractivity contribution is 14.0. The minimum Gasteiger partial charge on any atom is -0.385 e. The summed E-state index contributed by atoms with van der Waals surface area (Å²) in [4.78, 5) is 9.38. The molecule has 0 amide bonds. The molecule has 27 heavy (non-hydrogen) atoms. The zero-order valence-corrected chi connectivity index (χ0v) is 19.3. The van der Waals surface area contributed by atoms with Gasteiger partial charge < -0.3 is 20.3 Å². The van der Waals surface area contributed by atoms with Gasteiger partial charge in [0, 0.05) is 57.2 Å². The lowest BCUT2D eigenvalue weighted by molar-refractivity contribution is 0.141. The van der Waals surface area contributed by atoms with Gasteiger partial charge in [0.15, 0.2) is 5.96 Å². The summed E-state index contributed by atoms with van der Waals surface area (Å²) in [6, 6.07) is 8.05. The maximum atomic E-state index is 6.33.